The third-order valence-electron chi connectivity index (χ3n) is 5.33. The van der Waals surface area contributed by atoms with E-state index in [0.29, 0.717) is 30.2 Å². The Balaban J connectivity index is 2.16. The zero-order valence-electron chi connectivity index (χ0n) is 20.0. The molecule has 0 saturated heterocycles. The maximum absolute atomic E-state index is 13.0. The number of ether oxygens (including phenoxy) is 1. The number of carbonyl (C=O) groups excluding carboxylic acids is 3. The number of benzene rings is 1. The number of phenolic OH excluding ortho intramolecular Hbond substituents is 1. The molecule has 34 heavy (non-hydrogen) atoms. The summed E-state index contributed by atoms with van der Waals surface area (Å²) in [7, 11) is 0. The highest BCUT2D eigenvalue weighted by Gasteiger charge is 2.24. The Hall–Kier alpha value is -2.98. The van der Waals surface area contributed by atoms with Gasteiger partial charge in [-0.25, -0.2) is 10.8 Å². The Morgan fingerprint density at radius 2 is 1.82 bits per heavy atom. The van der Waals surface area contributed by atoms with Crippen molar-refractivity contribution in [3.05, 3.63) is 45.9 Å². The molecule has 1 aromatic heterocycles. The molecule has 5 N–H and O–H groups in total. The largest absolute Gasteiger partial charge is 0.508 e. The van der Waals surface area contributed by atoms with Gasteiger partial charge in [0.25, 0.3) is 5.91 Å². The van der Waals surface area contributed by atoms with Crippen LogP contribution in [0, 0.1) is 11.8 Å². The van der Waals surface area contributed by atoms with Gasteiger partial charge in [-0.05, 0) is 49.3 Å². The second-order valence-electron chi connectivity index (χ2n) is 8.83. The summed E-state index contributed by atoms with van der Waals surface area (Å²) >= 11 is 1.28. The number of rotatable bonds is 12. The molecule has 186 valence electrons. The van der Waals surface area contributed by atoms with E-state index in [0.717, 1.165) is 12.0 Å². The molecule has 0 aliphatic rings. The van der Waals surface area contributed by atoms with E-state index in [2.05, 4.69) is 29.6 Å². The number of hydrazine groups is 1. The van der Waals surface area contributed by atoms with E-state index < -0.39 is 18.0 Å². The molecular formula is C24H34N4O5S. The lowest BCUT2D eigenvalue weighted by Gasteiger charge is -2.21. The summed E-state index contributed by atoms with van der Waals surface area (Å²) in [5.41, 5.74) is 3.27. The Kier molecular flexibility index (Phi) is 10.5. The van der Waals surface area contributed by atoms with E-state index in [1.54, 1.807) is 36.6 Å². The molecule has 9 nitrogen and oxygen atoms in total. The lowest BCUT2D eigenvalue weighted by molar-refractivity contribution is -0.147. The number of carbonyl (C=O) groups is 3. The maximum Gasteiger partial charge on any atom is 0.303 e. The first kappa shape index (κ1) is 27.3. The highest BCUT2D eigenvalue weighted by atomic mass is 32.1. The normalized spacial score (nSPS) is 13.7. The van der Waals surface area contributed by atoms with Crippen LogP contribution in [-0.2, 0) is 20.7 Å². The fraction of sp³-hybridized carbons (Fsp3) is 0.500. The summed E-state index contributed by atoms with van der Waals surface area (Å²) in [4.78, 5) is 40.9. The van der Waals surface area contributed by atoms with Crippen LogP contribution in [0.15, 0.2) is 29.6 Å². The molecule has 2 rings (SSSR count). The van der Waals surface area contributed by atoms with Gasteiger partial charge in [0.05, 0.1) is 0 Å². The average molecular weight is 491 g/mol. The number of hydrogen-bond acceptors (Lipinski definition) is 8. The summed E-state index contributed by atoms with van der Waals surface area (Å²) in [6.45, 7) is 7.27. The van der Waals surface area contributed by atoms with Crippen LogP contribution in [0.4, 0.5) is 0 Å². The summed E-state index contributed by atoms with van der Waals surface area (Å²) < 4.78 is 5.44. The summed E-state index contributed by atoms with van der Waals surface area (Å²) in [5.74, 6) is 4.32. The molecule has 0 aliphatic heterocycles. The molecule has 0 spiro atoms. The molecule has 2 aromatic rings. The van der Waals surface area contributed by atoms with Gasteiger partial charge < -0.3 is 15.2 Å². The predicted octanol–water partition coefficient (Wildman–Crippen LogP) is 3.25. The molecule has 2 amide bonds. The third kappa shape index (κ3) is 8.75. The van der Waals surface area contributed by atoms with Gasteiger partial charge in [-0.15, -0.1) is 11.3 Å². The summed E-state index contributed by atoms with van der Waals surface area (Å²) in [6, 6.07) is 6.30. The van der Waals surface area contributed by atoms with Gasteiger partial charge in [0.15, 0.2) is 6.10 Å². The monoisotopic (exact) mass is 490 g/mol. The lowest BCUT2D eigenvalue weighted by Crippen LogP contribution is -2.42. The number of nitrogens with zero attached hydrogens (tertiary/aromatic N) is 1. The van der Waals surface area contributed by atoms with Crippen molar-refractivity contribution in [2.75, 3.05) is 0 Å². The maximum atomic E-state index is 13.0. The highest BCUT2D eigenvalue weighted by molar-refractivity contribution is 7.09. The molecule has 10 heteroatoms. The van der Waals surface area contributed by atoms with Gasteiger partial charge in [-0.3, -0.25) is 19.8 Å². The van der Waals surface area contributed by atoms with E-state index >= 15 is 0 Å². The van der Waals surface area contributed by atoms with Crippen molar-refractivity contribution in [2.45, 2.75) is 65.5 Å². The summed E-state index contributed by atoms with van der Waals surface area (Å²) in [5, 5.41) is 14.7. The van der Waals surface area contributed by atoms with E-state index in [9.17, 15) is 19.5 Å². The van der Waals surface area contributed by atoms with Crippen LogP contribution in [0.1, 0.15) is 74.1 Å². The third-order valence-corrected chi connectivity index (χ3v) is 6.26. The van der Waals surface area contributed by atoms with Crippen LogP contribution < -0.4 is 16.6 Å². The summed E-state index contributed by atoms with van der Waals surface area (Å²) in [6.07, 6.45) is 1.80. The molecular weight excluding hydrogens is 456 g/mol. The van der Waals surface area contributed by atoms with Crippen molar-refractivity contribution >= 4 is 29.1 Å². The van der Waals surface area contributed by atoms with E-state index in [-0.39, 0.29) is 29.3 Å². The first-order valence-corrected chi connectivity index (χ1v) is 12.2. The Labute approximate surface area is 204 Å². The molecule has 3 atom stereocenters. The van der Waals surface area contributed by atoms with Crippen LogP contribution in [-0.4, -0.2) is 33.9 Å². The minimum absolute atomic E-state index is 0.148. The standard InChI is InChI=1S/C24H34N4O5S/c1-14(2)5-10-21(33-16(4)29)24-27-20(13-34-24)23(32)26-18(11-15(3)22(31)28-25)12-17-6-8-19(30)9-7-17/h6-9,13-15,18,21,30H,5,10-12,25H2,1-4H3,(H,26,32)(H,28,31)/t15-,18+,21?/m0/s1. The van der Waals surface area contributed by atoms with Crippen molar-refractivity contribution in [3.8, 4) is 5.75 Å². The van der Waals surface area contributed by atoms with Gasteiger partial charge in [-0.2, -0.15) is 0 Å². The van der Waals surface area contributed by atoms with Gasteiger partial charge in [0, 0.05) is 24.3 Å². The number of nitrogens with one attached hydrogen (secondary N) is 2. The number of esters is 1. The van der Waals surface area contributed by atoms with Crippen molar-refractivity contribution in [1.29, 1.82) is 0 Å². The fourth-order valence-electron chi connectivity index (χ4n) is 3.50. The molecule has 0 fully saturated rings. The minimum atomic E-state index is -0.493. The molecule has 1 unspecified atom stereocenters. The highest BCUT2D eigenvalue weighted by Crippen LogP contribution is 2.28. The quantitative estimate of drug-likeness (QED) is 0.155. The van der Waals surface area contributed by atoms with Crippen molar-refractivity contribution in [2.24, 2.45) is 17.7 Å². The van der Waals surface area contributed by atoms with E-state index in [4.69, 9.17) is 10.6 Å². The number of amides is 2. The Morgan fingerprint density at radius 3 is 2.41 bits per heavy atom. The van der Waals surface area contributed by atoms with Gasteiger partial charge in [0.1, 0.15) is 16.5 Å². The number of thiazole rings is 1. The van der Waals surface area contributed by atoms with Gasteiger partial charge >= 0.3 is 5.97 Å². The molecule has 0 saturated carbocycles. The number of hydrogen-bond donors (Lipinski definition) is 4. The van der Waals surface area contributed by atoms with Crippen molar-refractivity contribution < 1.29 is 24.2 Å². The van der Waals surface area contributed by atoms with E-state index in [1.807, 2.05) is 0 Å². The predicted molar refractivity (Wildman–Crippen MR) is 130 cm³/mol. The van der Waals surface area contributed by atoms with Gasteiger partial charge in [0.2, 0.25) is 5.91 Å². The van der Waals surface area contributed by atoms with Crippen LogP contribution in [0.25, 0.3) is 0 Å². The Morgan fingerprint density at radius 1 is 1.15 bits per heavy atom. The van der Waals surface area contributed by atoms with Crippen LogP contribution in [0.5, 0.6) is 5.75 Å². The molecule has 1 heterocycles. The zero-order chi connectivity index (χ0) is 25.3. The second-order valence-corrected chi connectivity index (χ2v) is 9.72. The fourth-order valence-corrected chi connectivity index (χ4v) is 4.36. The molecule has 0 bridgehead atoms. The van der Waals surface area contributed by atoms with Crippen molar-refractivity contribution in [3.63, 3.8) is 0 Å². The number of aromatic hydroxyl groups is 1. The van der Waals surface area contributed by atoms with Crippen LogP contribution in [0.3, 0.4) is 0 Å². The number of aromatic nitrogens is 1. The van der Waals surface area contributed by atoms with Gasteiger partial charge in [-0.1, -0.05) is 32.9 Å². The topological polar surface area (TPSA) is 144 Å². The molecule has 0 radical (unpaired) electrons. The smallest absolute Gasteiger partial charge is 0.303 e. The van der Waals surface area contributed by atoms with Crippen LogP contribution in [0.2, 0.25) is 0 Å². The SMILES string of the molecule is CC(=O)OC(CCC(C)C)c1nc(C(=O)N[C@@H](Cc2ccc(O)cc2)C[C@H](C)C(=O)NN)cs1. The lowest BCUT2D eigenvalue weighted by atomic mass is 9.95. The number of nitrogens with two attached hydrogens (primary N) is 1. The second kappa shape index (κ2) is 13.0. The first-order chi connectivity index (χ1) is 16.1. The zero-order valence-corrected chi connectivity index (χ0v) is 20.9. The van der Waals surface area contributed by atoms with Crippen LogP contribution >= 0.6 is 11.3 Å². The van der Waals surface area contributed by atoms with Crippen molar-refractivity contribution in [1.82, 2.24) is 15.7 Å². The molecule has 0 aliphatic carbocycles. The van der Waals surface area contributed by atoms with E-state index in [1.165, 1.54) is 18.3 Å². The first-order valence-electron chi connectivity index (χ1n) is 11.3. The average Bonchev–Trinajstić information content (AvgIpc) is 3.27. The number of phenols is 1. The minimum Gasteiger partial charge on any atom is -0.508 e. The molecule has 1 aromatic carbocycles. The Bertz CT molecular complexity index is 961.